The number of thioether (sulfide) groups is 1. The first-order valence-electron chi connectivity index (χ1n) is 11.5. The van der Waals surface area contributed by atoms with Gasteiger partial charge in [0.2, 0.25) is 0 Å². The molecule has 1 fully saturated rings. The first-order valence-corrected chi connectivity index (χ1v) is 13.1. The smallest absolute Gasteiger partial charge is 0.409 e. The standard InChI is InChI=1S/C26H35ClN2O4S/c1-6-18(3)22(25(30)28-17-19-8-10-20(27)11-9-19)16-23(24(7-2)34-5)33-21-12-14-29(15-13-21)26(31)32-4/h7-11,16,21H,6,12-15,17H2,1-5H3,(H,28,30)/b22-18-,23-16+,24-7+. The summed E-state index contributed by atoms with van der Waals surface area (Å²) in [5.41, 5.74) is 2.56. The van der Waals surface area contributed by atoms with Gasteiger partial charge >= 0.3 is 6.09 Å². The molecule has 1 N–H and O–H groups in total. The van der Waals surface area contributed by atoms with Crippen molar-refractivity contribution in [2.45, 2.75) is 52.7 Å². The van der Waals surface area contributed by atoms with Crippen LogP contribution in [-0.2, 0) is 20.8 Å². The van der Waals surface area contributed by atoms with Crippen LogP contribution in [0.5, 0.6) is 0 Å². The number of hydrogen-bond acceptors (Lipinski definition) is 5. The number of amides is 2. The highest BCUT2D eigenvalue weighted by atomic mass is 35.5. The molecule has 8 heteroatoms. The predicted octanol–water partition coefficient (Wildman–Crippen LogP) is 6.08. The van der Waals surface area contributed by atoms with E-state index in [4.69, 9.17) is 21.1 Å². The molecule has 1 aliphatic heterocycles. The highest BCUT2D eigenvalue weighted by Crippen LogP contribution is 2.29. The molecule has 2 amide bonds. The zero-order valence-electron chi connectivity index (χ0n) is 20.7. The molecule has 0 saturated carbocycles. The van der Waals surface area contributed by atoms with Gasteiger partial charge in [-0.1, -0.05) is 42.3 Å². The van der Waals surface area contributed by atoms with Crippen molar-refractivity contribution in [1.29, 1.82) is 0 Å². The van der Waals surface area contributed by atoms with Crippen molar-refractivity contribution in [3.8, 4) is 0 Å². The van der Waals surface area contributed by atoms with Crippen LogP contribution < -0.4 is 5.32 Å². The van der Waals surface area contributed by atoms with Crippen LogP contribution in [0.3, 0.4) is 0 Å². The number of piperidine rings is 1. The van der Waals surface area contributed by atoms with E-state index in [2.05, 4.69) is 5.32 Å². The summed E-state index contributed by atoms with van der Waals surface area (Å²) >= 11 is 7.54. The Balaban J connectivity index is 2.21. The van der Waals surface area contributed by atoms with Gasteiger partial charge in [0.25, 0.3) is 5.91 Å². The average Bonchev–Trinajstić information content (AvgIpc) is 2.86. The fraction of sp³-hybridized carbons (Fsp3) is 0.462. The van der Waals surface area contributed by atoms with Crippen molar-refractivity contribution in [1.82, 2.24) is 10.2 Å². The predicted molar refractivity (Wildman–Crippen MR) is 140 cm³/mol. The molecule has 0 spiro atoms. The second kappa shape index (κ2) is 14.1. The van der Waals surface area contributed by atoms with Gasteiger partial charge in [-0.3, -0.25) is 4.79 Å². The molecule has 1 heterocycles. The lowest BCUT2D eigenvalue weighted by atomic mass is 10.0. The van der Waals surface area contributed by atoms with Gasteiger partial charge in [-0.2, -0.15) is 0 Å². The van der Waals surface area contributed by atoms with Crippen LogP contribution in [0, 0.1) is 0 Å². The number of benzene rings is 1. The molecule has 0 atom stereocenters. The average molecular weight is 507 g/mol. The monoisotopic (exact) mass is 506 g/mol. The summed E-state index contributed by atoms with van der Waals surface area (Å²) in [6, 6.07) is 7.42. The normalized spacial score (nSPS) is 16.1. The fourth-order valence-electron chi connectivity index (χ4n) is 3.57. The number of allylic oxidation sites excluding steroid dienone is 2. The van der Waals surface area contributed by atoms with Crippen molar-refractivity contribution in [3.05, 3.63) is 68.8 Å². The third kappa shape index (κ3) is 8.13. The Kier molecular flexibility index (Phi) is 11.6. The topological polar surface area (TPSA) is 67.9 Å². The number of likely N-dealkylation sites (tertiary alicyclic amines) is 1. The van der Waals surface area contributed by atoms with E-state index in [1.54, 1.807) is 16.7 Å². The molecule has 0 bridgehead atoms. The van der Waals surface area contributed by atoms with Gasteiger partial charge in [0.15, 0.2) is 0 Å². The molecule has 0 unspecified atom stereocenters. The number of methoxy groups -OCH3 is 1. The van der Waals surface area contributed by atoms with Crippen LogP contribution in [0.1, 0.15) is 45.6 Å². The zero-order valence-corrected chi connectivity index (χ0v) is 22.2. The number of ether oxygens (including phenoxy) is 2. The number of carbonyl (C=O) groups is 2. The lowest BCUT2D eigenvalue weighted by Gasteiger charge is -2.32. The minimum absolute atomic E-state index is 0.0467. The molecule has 1 aliphatic rings. The lowest BCUT2D eigenvalue weighted by molar-refractivity contribution is -0.117. The lowest BCUT2D eigenvalue weighted by Crippen LogP contribution is -2.40. The van der Waals surface area contributed by atoms with Gasteiger partial charge in [0.05, 0.1) is 7.11 Å². The minimum Gasteiger partial charge on any atom is -0.489 e. The fourth-order valence-corrected chi connectivity index (χ4v) is 4.24. The van der Waals surface area contributed by atoms with Gasteiger partial charge in [-0.05, 0) is 50.3 Å². The largest absolute Gasteiger partial charge is 0.489 e. The number of carbonyl (C=O) groups excluding carboxylic acids is 2. The molecule has 0 radical (unpaired) electrons. The van der Waals surface area contributed by atoms with Crippen LogP contribution in [-0.4, -0.2) is 49.5 Å². The molecule has 34 heavy (non-hydrogen) atoms. The first-order chi connectivity index (χ1) is 16.3. The van der Waals surface area contributed by atoms with Gasteiger partial charge < -0.3 is 19.7 Å². The van der Waals surface area contributed by atoms with Gasteiger partial charge in [-0.25, -0.2) is 4.79 Å². The molecular formula is C26H35ClN2O4S. The second-order valence-electron chi connectivity index (χ2n) is 8.00. The number of nitrogens with zero attached hydrogens (tertiary/aromatic N) is 1. The van der Waals surface area contributed by atoms with Crippen LogP contribution in [0.25, 0.3) is 0 Å². The molecule has 1 saturated heterocycles. The van der Waals surface area contributed by atoms with Crippen LogP contribution in [0.15, 0.2) is 58.2 Å². The van der Waals surface area contributed by atoms with Crippen LogP contribution in [0.2, 0.25) is 5.02 Å². The summed E-state index contributed by atoms with van der Waals surface area (Å²) in [5.74, 6) is 0.531. The van der Waals surface area contributed by atoms with E-state index in [0.717, 1.165) is 22.5 Å². The van der Waals surface area contributed by atoms with Gasteiger partial charge in [0, 0.05) is 48.0 Å². The highest BCUT2D eigenvalue weighted by molar-refractivity contribution is 8.02. The molecule has 0 aromatic heterocycles. The Hall–Kier alpha value is -2.38. The SMILES string of the molecule is C\C=C(SC)/C(=C\C(C(=O)NCc1ccc(Cl)cc1)=C(/C)CC)OC1CCN(C(=O)OC)CC1. The molecule has 6 nitrogen and oxygen atoms in total. The number of halogens is 1. The maximum Gasteiger partial charge on any atom is 0.409 e. The summed E-state index contributed by atoms with van der Waals surface area (Å²) < 4.78 is 11.2. The van der Waals surface area contributed by atoms with E-state index in [1.807, 2.05) is 63.4 Å². The quantitative estimate of drug-likeness (QED) is 0.250. The second-order valence-corrected chi connectivity index (χ2v) is 9.28. The third-order valence-electron chi connectivity index (χ3n) is 5.77. The Morgan fingerprint density at radius 3 is 2.41 bits per heavy atom. The molecule has 1 aromatic carbocycles. The zero-order chi connectivity index (χ0) is 25.1. The van der Waals surface area contributed by atoms with Crippen molar-refractivity contribution >= 4 is 35.4 Å². The molecule has 1 aromatic rings. The van der Waals surface area contributed by atoms with Gasteiger partial charge in [0.1, 0.15) is 11.9 Å². The number of hydrogen-bond donors (Lipinski definition) is 1. The summed E-state index contributed by atoms with van der Waals surface area (Å²) in [5, 5.41) is 3.68. The number of rotatable bonds is 9. The summed E-state index contributed by atoms with van der Waals surface area (Å²) in [4.78, 5) is 27.6. The van der Waals surface area contributed by atoms with E-state index in [0.29, 0.717) is 48.8 Å². The van der Waals surface area contributed by atoms with Gasteiger partial charge in [-0.15, -0.1) is 11.8 Å². The highest BCUT2D eigenvalue weighted by Gasteiger charge is 2.26. The summed E-state index contributed by atoms with van der Waals surface area (Å²) in [6.45, 7) is 7.52. The van der Waals surface area contributed by atoms with Crippen molar-refractivity contribution in [2.24, 2.45) is 0 Å². The van der Waals surface area contributed by atoms with E-state index in [1.165, 1.54) is 7.11 Å². The van der Waals surface area contributed by atoms with E-state index in [-0.39, 0.29) is 18.1 Å². The van der Waals surface area contributed by atoms with E-state index in [9.17, 15) is 9.59 Å². The maximum absolute atomic E-state index is 13.2. The first kappa shape index (κ1) is 27.9. The van der Waals surface area contributed by atoms with Crippen molar-refractivity contribution < 1.29 is 19.1 Å². The Morgan fingerprint density at radius 2 is 1.88 bits per heavy atom. The molecular weight excluding hydrogens is 472 g/mol. The van der Waals surface area contributed by atoms with Crippen LogP contribution in [0.4, 0.5) is 4.79 Å². The van der Waals surface area contributed by atoms with Crippen LogP contribution >= 0.6 is 23.4 Å². The van der Waals surface area contributed by atoms with Crippen molar-refractivity contribution in [3.63, 3.8) is 0 Å². The summed E-state index contributed by atoms with van der Waals surface area (Å²) in [7, 11) is 1.39. The molecule has 186 valence electrons. The Morgan fingerprint density at radius 1 is 1.24 bits per heavy atom. The molecule has 0 aliphatic carbocycles. The maximum atomic E-state index is 13.2. The van der Waals surface area contributed by atoms with E-state index >= 15 is 0 Å². The minimum atomic E-state index is -0.311. The third-order valence-corrected chi connectivity index (χ3v) is 6.90. The Bertz CT molecular complexity index is 933. The Labute approximate surface area is 212 Å². The van der Waals surface area contributed by atoms with E-state index < -0.39 is 0 Å². The number of nitrogens with one attached hydrogen (secondary N) is 1. The summed E-state index contributed by atoms with van der Waals surface area (Å²) in [6.07, 6.45) is 7.62. The van der Waals surface area contributed by atoms with Crippen molar-refractivity contribution in [2.75, 3.05) is 26.5 Å². The molecule has 2 rings (SSSR count).